The second kappa shape index (κ2) is 5.83. The molecule has 0 aliphatic carbocycles. The Morgan fingerprint density at radius 1 is 1.37 bits per heavy atom. The van der Waals surface area contributed by atoms with Crippen LogP contribution in [0.4, 0.5) is 0 Å². The minimum absolute atomic E-state index is 0.136. The summed E-state index contributed by atoms with van der Waals surface area (Å²) in [6.07, 6.45) is 1.64. The Bertz CT molecular complexity index is 654. The van der Waals surface area contributed by atoms with Crippen molar-refractivity contribution in [3.8, 4) is 11.8 Å². The Morgan fingerprint density at radius 2 is 2.11 bits per heavy atom. The van der Waals surface area contributed by atoms with Crippen molar-refractivity contribution in [1.29, 1.82) is 5.26 Å². The lowest BCUT2D eigenvalue weighted by atomic mass is 10.2. The van der Waals surface area contributed by atoms with Gasteiger partial charge in [0.2, 0.25) is 0 Å². The van der Waals surface area contributed by atoms with E-state index in [2.05, 4.69) is 5.10 Å². The fourth-order valence-electron chi connectivity index (χ4n) is 1.57. The second-order valence-electron chi connectivity index (χ2n) is 4.08. The molecule has 0 atom stereocenters. The summed E-state index contributed by atoms with van der Waals surface area (Å²) < 4.78 is 6.84. The molecule has 0 radical (unpaired) electrons. The Labute approximate surface area is 110 Å². The Hall–Kier alpha value is -2.61. The third-order valence-corrected chi connectivity index (χ3v) is 2.56. The molecule has 0 saturated heterocycles. The van der Waals surface area contributed by atoms with E-state index in [0.29, 0.717) is 24.5 Å². The van der Waals surface area contributed by atoms with Gasteiger partial charge in [-0.25, -0.2) is 4.68 Å². The largest absolute Gasteiger partial charge is 0.492 e. The first-order valence-corrected chi connectivity index (χ1v) is 5.86. The highest BCUT2D eigenvalue weighted by molar-refractivity contribution is 5.34. The van der Waals surface area contributed by atoms with Crippen LogP contribution in [0.15, 0.2) is 41.3 Å². The van der Waals surface area contributed by atoms with Crippen molar-refractivity contribution in [3.63, 3.8) is 0 Å². The van der Waals surface area contributed by atoms with Crippen LogP contribution >= 0.6 is 0 Å². The molecule has 5 nitrogen and oxygen atoms in total. The van der Waals surface area contributed by atoms with Gasteiger partial charge >= 0.3 is 0 Å². The highest BCUT2D eigenvalue weighted by Crippen LogP contribution is 2.11. The molecule has 0 fully saturated rings. The average Bonchev–Trinajstić information content (AvgIpc) is 2.42. The van der Waals surface area contributed by atoms with Crippen LogP contribution in [0, 0.1) is 18.3 Å². The molecular formula is C14H13N3O2. The predicted molar refractivity (Wildman–Crippen MR) is 69.9 cm³/mol. The molecule has 1 heterocycles. The van der Waals surface area contributed by atoms with Gasteiger partial charge in [-0.2, -0.15) is 10.4 Å². The normalized spacial score (nSPS) is 9.89. The molecule has 0 spiro atoms. The summed E-state index contributed by atoms with van der Waals surface area (Å²) in [5.41, 5.74) is 1.29. The van der Waals surface area contributed by atoms with Gasteiger partial charge < -0.3 is 4.74 Å². The molecule has 0 saturated carbocycles. The Balaban J connectivity index is 1.92. The fourth-order valence-corrected chi connectivity index (χ4v) is 1.57. The summed E-state index contributed by atoms with van der Waals surface area (Å²) >= 11 is 0. The molecule has 1 aromatic carbocycles. The van der Waals surface area contributed by atoms with E-state index in [4.69, 9.17) is 10.00 Å². The molecule has 0 unspecified atom stereocenters. The van der Waals surface area contributed by atoms with E-state index < -0.39 is 0 Å². The van der Waals surface area contributed by atoms with Crippen molar-refractivity contribution >= 4 is 0 Å². The molecule has 0 N–H and O–H groups in total. The molecular weight excluding hydrogens is 242 g/mol. The molecule has 0 bridgehead atoms. The lowest BCUT2D eigenvalue weighted by Gasteiger charge is -2.07. The van der Waals surface area contributed by atoms with Crippen LogP contribution in [-0.4, -0.2) is 16.4 Å². The number of hydrogen-bond acceptors (Lipinski definition) is 4. The summed E-state index contributed by atoms with van der Waals surface area (Å²) in [5.74, 6) is 0.666. The van der Waals surface area contributed by atoms with E-state index >= 15 is 0 Å². The lowest BCUT2D eigenvalue weighted by molar-refractivity contribution is 0.287. The lowest BCUT2D eigenvalue weighted by Crippen LogP contribution is -2.25. The van der Waals surface area contributed by atoms with Crippen LogP contribution in [0.2, 0.25) is 0 Å². The van der Waals surface area contributed by atoms with E-state index in [-0.39, 0.29) is 5.56 Å². The number of benzene rings is 1. The maximum absolute atomic E-state index is 11.6. The zero-order chi connectivity index (χ0) is 13.7. The number of rotatable bonds is 4. The van der Waals surface area contributed by atoms with Gasteiger partial charge in [0, 0.05) is 6.07 Å². The SMILES string of the molecule is Cc1cnn(CCOc2ccc(C#N)cc2)c(=O)c1. The van der Waals surface area contributed by atoms with Gasteiger partial charge in [-0.3, -0.25) is 4.79 Å². The number of nitrogens with zero attached hydrogens (tertiary/aromatic N) is 3. The van der Waals surface area contributed by atoms with Crippen molar-refractivity contribution in [2.75, 3.05) is 6.61 Å². The van der Waals surface area contributed by atoms with Crippen molar-refractivity contribution in [2.24, 2.45) is 0 Å². The van der Waals surface area contributed by atoms with Gasteiger partial charge in [0.15, 0.2) is 0 Å². The summed E-state index contributed by atoms with van der Waals surface area (Å²) in [5, 5.41) is 12.7. The zero-order valence-corrected chi connectivity index (χ0v) is 10.5. The zero-order valence-electron chi connectivity index (χ0n) is 10.5. The average molecular weight is 255 g/mol. The molecule has 0 aliphatic heterocycles. The van der Waals surface area contributed by atoms with Crippen LogP contribution in [0.1, 0.15) is 11.1 Å². The van der Waals surface area contributed by atoms with Crippen molar-refractivity contribution < 1.29 is 4.74 Å². The molecule has 1 aromatic heterocycles. The van der Waals surface area contributed by atoms with Gasteiger partial charge in [-0.15, -0.1) is 0 Å². The monoisotopic (exact) mass is 255 g/mol. The topological polar surface area (TPSA) is 67.9 Å². The summed E-state index contributed by atoms with van der Waals surface area (Å²) in [6, 6.07) is 10.4. The van der Waals surface area contributed by atoms with E-state index in [1.54, 1.807) is 30.5 Å². The summed E-state index contributed by atoms with van der Waals surface area (Å²) in [6.45, 7) is 2.56. The third-order valence-electron chi connectivity index (χ3n) is 2.56. The van der Waals surface area contributed by atoms with E-state index in [1.807, 2.05) is 13.0 Å². The molecule has 0 amide bonds. The van der Waals surface area contributed by atoms with E-state index in [0.717, 1.165) is 5.56 Å². The number of aryl methyl sites for hydroxylation is 1. The van der Waals surface area contributed by atoms with Crippen LogP contribution in [-0.2, 0) is 6.54 Å². The van der Waals surface area contributed by atoms with Crippen LogP contribution in [0.25, 0.3) is 0 Å². The maximum Gasteiger partial charge on any atom is 0.267 e. The van der Waals surface area contributed by atoms with Crippen molar-refractivity contribution in [1.82, 2.24) is 9.78 Å². The van der Waals surface area contributed by atoms with Crippen molar-refractivity contribution in [3.05, 3.63) is 58.0 Å². The van der Waals surface area contributed by atoms with Gasteiger partial charge in [-0.05, 0) is 36.8 Å². The first-order valence-electron chi connectivity index (χ1n) is 5.86. The second-order valence-corrected chi connectivity index (χ2v) is 4.08. The first kappa shape index (κ1) is 12.8. The molecule has 96 valence electrons. The molecule has 19 heavy (non-hydrogen) atoms. The van der Waals surface area contributed by atoms with Gasteiger partial charge in [0.1, 0.15) is 12.4 Å². The molecule has 5 heteroatoms. The van der Waals surface area contributed by atoms with Gasteiger partial charge in [-0.1, -0.05) is 0 Å². The minimum Gasteiger partial charge on any atom is -0.492 e. The summed E-state index contributed by atoms with van der Waals surface area (Å²) in [4.78, 5) is 11.6. The Morgan fingerprint density at radius 3 is 2.74 bits per heavy atom. The number of ether oxygens (including phenoxy) is 1. The highest BCUT2D eigenvalue weighted by atomic mass is 16.5. The van der Waals surface area contributed by atoms with Crippen LogP contribution in [0.5, 0.6) is 5.75 Å². The quantitative estimate of drug-likeness (QED) is 0.830. The van der Waals surface area contributed by atoms with Crippen LogP contribution in [0.3, 0.4) is 0 Å². The number of nitriles is 1. The fraction of sp³-hybridized carbons (Fsp3) is 0.214. The predicted octanol–water partition coefficient (Wildman–Crippen LogP) is 1.50. The van der Waals surface area contributed by atoms with E-state index in [1.165, 1.54) is 10.7 Å². The molecule has 2 rings (SSSR count). The highest BCUT2D eigenvalue weighted by Gasteiger charge is 1.99. The number of aromatic nitrogens is 2. The molecule has 2 aromatic rings. The van der Waals surface area contributed by atoms with Crippen LogP contribution < -0.4 is 10.3 Å². The standard InChI is InChI=1S/C14H13N3O2/c1-11-8-14(18)17(16-10-11)6-7-19-13-4-2-12(9-15)3-5-13/h2-5,8,10H,6-7H2,1H3. The van der Waals surface area contributed by atoms with Crippen molar-refractivity contribution in [2.45, 2.75) is 13.5 Å². The first-order chi connectivity index (χ1) is 9.19. The van der Waals surface area contributed by atoms with E-state index in [9.17, 15) is 4.79 Å². The minimum atomic E-state index is -0.136. The summed E-state index contributed by atoms with van der Waals surface area (Å²) in [7, 11) is 0. The van der Waals surface area contributed by atoms with Gasteiger partial charge in [0.25, 0.3) is 5.56 Å². The Kier molecular flexibility index (Phi) is 3.94. The maximum atomic E-state index is 11.6. The smallest absolute Gasteiger partial charge is 0.267 e. The van der Waals surface area contributed by atoms with Gasteiger partial charge in [0.05, 0.1) is 24.4 Å². The number of hydrogen-bond donors (Lipinski definition) is 0. The molecule has 0 aliphatic rings. The third kappa shape index (κ3) is 3.42.